The lowest BCUT2D eigenvalue weighted by atomic mass is 10.2. The lowest BCUT2D eigenvalue weighted by Crippen LogP contribution is -2.25. The zero-order valence-electron chi connectivity index (χ0n) is 9.54. The number of halogens is 3. The van der Waals surface area contributed by atoms with Gasteiger partial charge in [0.1, 0.15) is 6.61 Å². The van der Waals surface area contributed by atoms with Crippen molar-refractivity contribution in [3.63, 3.8) is 0 Å². The Morgan fingerprint density at radius 2 is 1.71 bits per heavy atom. The molecule has 0 bridgehead atoms. The third-order valence-corrected chi connectivity index (χ3v) is 1.44. The first-order valence-corrected chi connectivity index (χ1v) is 4.78. The standard InChI is InChI=1S/C9H7F3O2.C2H7N/c10-9(11,12)8(13)14-6-7-4-2-1-3-5-7;1-3-2/h1-5H,6H2;3H,1-2H3. The van der Waals surface area contributed by atoms with Crippen LogP contribution in [0, 0.1) is 0 Å². The van der Waals surface area contributed by atoms with Crippen LogP contribution in [0.25, 0.3) is 0 Å². The van der Waals surface area contributed by atoms with Crippen molar-refractivity contribution in [1.29, 1.82) is 0 Å². The fourth-order valence-electron chi connectivity index (χ4n) is 0.805. The molecule has 3 nitrogen and oxygen atoms in total. The van der Waals surface area contributed by atoms with E-state index in [0.717, 1.165) is 0 Å². The van der Waals surface area contributed by atoms with E-state index in [1.807, 2.05) is 14.1 Å². The molecule has 6 heteroatoms. The van der Waals surface area contributed by atoms with Crippen LogP contribution >= 0.6 is 0 Å². The Bertz CT molecular complexity index is 325. The normalized spacial score (nSPS) is 10.2. The number of hydrogen-bond donors (Lipinski definition) is 1. The molecule has 1 rings (SSSR count). The van der Waals surface area contributed by atoms with E-state index in [0.29, 0.717) is 5.56 Å². The topological polar surface area (TPSA) is 38.3 Å². The number of rotatable bonds is 2. The van der Waals surface area contributed by atoms with Gasteiger partial charge in [-0.05, 0) is 19.7 Å². The molecule has 0 aromatic heterocycles. The summed E-state index contributed by atoms with van der Waals surface area (Å²) >= 11 is 0. The van der Waals surface area contributed by atoms with E-state index in [-0.39, 0.29) is 6.61 Å². The summed E-state index contributed by atoms with van der Waals surface area (Å²) in [5.41, 5.74) is 0.519. The van der Waals surface area contributed by atoms with Gasteiger partial charge in [-0.1, -0.05) is 30.3 Å². The van der Waals surface area contributed by atoms with Crippen molar-refractivity contribution >= 4 is 5.97 Å². The number of hydrogen-bond acceptors (Lipinski definition) is 3. The van der Waals surface area contributed by atoms with Gasteiger partial charge in [0, 0.05) is 0 Å². The lowest BCUT2D eigenvalue weighted by molar-refractivity contribution is -0.201. The summed E-state index contributed by atoms with van der Waals surface area (Å²) in [6.07, 6.45) is -4.92. The number of benzene rings is 1. The number of nitrogens with one attached hydrogen (secondary N) is 1. The predicted octanol–water partition coefficient (Wildman–Crippen LogP) is 2.13. The quantitative estimate of drug-likeness (QED) is 0.816. The first-order chi connectivity index (χ1) is 7.91. The van der Waals surface area contributed by atoms with Gasteiger partial charge in [-0.25, -0.2) is 4.79 Å². The summed E-state index contributed by atoms with van der Waals surface area (Å²) in [6.45, 7) is -0.362. The van der Waals surface area contributed by atoms with Gasteiger partial charge < -0.3 is 10.1 Å². The molecular formula is C11H14F3NO2. The Hall–Kier alpha value is -1.56. The van der Waals surface area contributed by atoms with Gasteiger partial charge >= 0.3 is 12.1 Å². The van der Waals surface area contributed by atoms with E-state index in [1.54, 1.807) is 30.3 Å². The number of ether oxygens (including phenoxy) is 1. The summed E-state index contributed by atoms with van der Waals surface area (Å²) in [7, 11) is 3.75. The Morgan fingerprint density at radius 1 is 1.24 bits per heavy atom. The van der Waals surface area contributed by atoms with Crippen molar-refractivity contribution in [1.82, 2.24) is 5.32 Å². The zero-order chi connectivity index (χ0) is 13.3. The zero-order valence-corrected chi connectivity index (χ0v) is 9.54. The second-order valence-electron chi connectivity index (χ2n) is 3.06. The summed E-state index contributed by atoms with van der Waals surface area (Å²) in [6, 6.07) is 8.16. The molecule has 17 heavy (non-hydrogen) atoms. The molecule has 0 unspecified atom stereocenters. The monoisotopic (exact) mass is 249 g/mol. The highest BCUT2D eigenvalue weighted by Gasteiger charge is 2.40. The molecule has 0 atom stereocenters. The van der Waals surface area contributed by atoms with Crippen LogP contribution in [0.15, 0.2) is 30.3 Å². The average molecular weight is 249 g/mol. The minimum absolute atomic E-state index is 0.362. The van der Waals surface area contributed by atoms with Gasteiger partial charge in [0.2, 0.25) is 0 Å². The van der Waals surface area contributed by atoms with E-state index >= 15 is 0 Å². The fraction of sp³-hybridized carbons (Fsp3) is 0.364. The molecule has 96 valence electrons. The smallest absolute Gasteiger partial charge is 0.454 e. The van der Waals surface area contributed by atoms with Gasteiger partial charge in [-0.15, -0.1) is 0 Å². The molecule has 1 N–H and O–H groups in total. The summed E-state index contributed by atoms with van der Waals surface area (Å²) in [5, 5.41) is 2.75. The van der Waals surface area contributed by atoms with Crippen molar-refractivity contribution < 1.29 is 22.7 Å². The first kappa shape index (κ1) is 15.4. The highest BCUT2D eigenvalue weighted by Crippen LogP contribution is 2.17. The van der Waals surface area contributed by atoms with Gasteiger partial charge in [0.15, 0.2) is 0 Å². The molecular weight excluding hydrogens is 235 g/mol. The van der Waals surface area contributed by atoms with Crippen molar-refractivity contribution in [2.24, 2.45) is 0 Å². The third-order valence-electron chi connectivity index (χ3n) is 1.44. The van der Waals surface area contributed by atoms with Crippen molar-refractivity contribution in [2.75, 3.05) is 14.1 Å². The molecule has 0 spiro atoms. The van der Waals surface area contributed by atoms with Gasteiger partial charge in [0.25, 0.3) is 0 Å². The van der Waals surface area contributed by atoms with Crippen LogP contribution in [0.3, 0.4) is 0 Å². The van der Waals surface area contributed by atoms with E-state index in [1.165, 1.54) is 0 Å². The van der Waals surface area contributed by atoms with Gasteiger partial charge in [-0.2, -0.15) is 13.2 Å². The molecule has 0 aliphatic heterocycles. The predicted molar refractivity (Wildman–Crippen MR) is 57.3 cm³/mol. The second-order valence-corrected chi connectivity index (χ2v) is 3.06. The van der Waals surface area contributed by atoms with Crippen LogP contribution in [0.4, 0.5) is 13.2 Å². The molecule has 0 amide bonds. The Morgan fingerprint density at radius 3 is 2.12 bits per heavy atom. The second kappa shape index (κ2) is 7.67. The van der Waals surface area contributed by atoms with E-state index in [4.69, 9.17) is 0 Å². The minimum atomic E-state index is -4.92. The van der Waals surface area contributed by atoms with E-state index in [2.05, 4.69) is 10.1 Å². The molecule has 0 saturated carbocycles. The largest absolute Gasteiger partial charge is 0.490 e. The summed E-state index contributed by atoms with van der Waals surface area (Å²) in [5.74, 6) is -2.17. The molecule has 0 aliphatic rings. The maximum Gasteiger partial charge on any atom is 0.490 e. The number of carbonyl (C=O) groups excluding carboxylic acids is 1. The SMILES string of the molecule is CNC.O=C(OCc1ccccc1)C(F)(F)F. The Balaban J connectivity index is 0.000000770. The maximum atomic E-state index is 11.7. The first-order valence-electron chi connectivity index (χ1n) is 4.78. The van der Waals surface area contributed by atoms with Gasteiger partial charge in [0.05, 0.1) is 0 Å². The third kappa shape index (κ3) is 7.35. The Kier molecular flexibility index (Phi) is 6.97. The molecule has 0 heterocycles. The van der Waals surface area contributed by atoms with Crippen LogP contribution in [0.5, 0.6) is 0 Å². The molecule has 0 saturated heterocycles. The summed E-state index contributed by atoms with van der Waals surface area (Å²) in [4.78, 5) is 10.3. The maximum absolute atomic E-state index is 11.7. The van der Waals surface area contributed by atoms with Crippen LogP contribution < -0.4 is 5.32 Å². The number of alkyl halides is 3. The molecule has 1 aromatic rings. The number of esters is 1. The fourth-order valence-corrected chi connectivity index (χ4v) is 0.805. The van der Waals surface area contributed by atoms with Crippen LogP contribution in [-0.2, 0) is 16.1 Å². The highest BCUT2D eigenvalue weighted by molar-refractivity contribution is 5.75. The molecule has 0 fully saturated rings. The van der Waals surface area contributed by atoms with Crippen molar-refractivity contribution in [2.45, 2.75) is 12.8 Å². The average Bonchev–Trinajstić information content (AvgIpc) is 2.27. The van der Waals surface area contributed by atoms with Gasteiger partial charge in [-0.3, -0.25) is 0 Å². The molecule has 1 aromatic carbocycles. The lowest BCUT2D eigenvalue weighted by Gasteiger charge is -2.06. The molecule has 0 radical (unpaired) electrons. The summed E-state index contributed by atoms with van der Waals surface area (Å²) < 4.78 is 39.1. The van der Waals surface area contributed by atoms with Crippen molar-refractivity contribution in [3.8, 4) is 0 Å². The van der Waals surface area contributed by atoms with Crippen LogP contribution in [-0.4, -0.2) is 26.2 Å². The van der Waals surface area contributed by atoms with E-state index < -0.39 is 12.1 Å². The van der Waals surface area contributed by atoms with Crippen molar-refractivity contribution in [3.05, 3.63) is 35.9 Å². The van der Waals surface area contributed by atoms with Crippen LogP contribution in [0.2, 0.25) is 0 Å². The van der Waals surface area contributed by atoms with Crippen LogP contribution in [0.1, 0.15) is 5.56 Å². The van der Waals surface area contributed by atoms with E-state index in [9.17, 15) is 18.0 Å². The highest BCUT2D eigenvalue weighted by atomic mass is 19.4. The minimum Gasteiger partial charge on any atom is -0.454 e. The number of carbonyl (C=O) groups is 1. The Labute approximate surface area is 97.6 Å². The molecule has 0 aliphatic carbocycles.